The molecule has 0 aromatic heterocycles. The van der Waals surface area contributed by atoms with Crippen molar-refractivity contribution in [1.82, 2.24) is 10.0 Å². The molecule has 1 amide bonds. The predicted molar refractivity (Wildman–Crippen MR) is 102 cm³/mol. The lowest BCUT2D eigenvalue weighted by atomic mass is 10.2. The third-order valence-corrected chi connectivity index (χ3v) is 6.02. The van der Waals surface area contributed by atoms with Crippen molar-refractivity contribution in [3.8, 4) is 0 Å². The number of thioether (sulfide) groups is 1. The molecular formula is C18H19F3N2O3S2. The van der Waals surface area contributed by atoms with Crippen LogP contribution < -0.4 is 10.0 Å². The van der Waals surface area contributed by atoms with Crippen LogP contribution in [0.5, 0.6) is 0 Å². The number of rotatable bonds is 8. The van der Waals surface area contributed by atoms with Crippen LogP contribution in [-0.4, -0.2) is 33.2 Å². The summed E-state index contributed by atoms with van der Waals surface area (Å²) >= 11 is 1.54. The molecule has 10 heteroatoms. The van der Waals surface area contributed by atoms with Gasteiger partial charge in [0, 0.05) is 17.2 Å². The summed E-state index contributed by atoms with van der Waals surface area (Å²) in [7, 11) is -4.23. The number of benzene rings is 2. The molecule has 0 saturated carbocycles. The Kier molecular flexibility index (Phi) is 7.50. The summed E-state index contributed by atoms with van der Waals surface area (Å²) < 4.78 is 64.3. The monoisotopic (exact) mass is 432 g/mol. The summed E-state index contributed by atoms with van der Waals surface area (Å²) in [6, 6.07) is 11.2. The van der Waals surface area contributed by atoms with Gasteiger partial charge in [-0.1, -0.05) is 23.8 Å². The highest BCUT2D eigenvalue weighted by Crippen LogP contribution is 2.30. The zero-order valence-corrected chi connectivity index (χ0v) is 16.5. The number of amides is 1. The summed E-state index contributed by atoms with van der Waals surface area (Å²) in [6.07, 6.45) is -4.65. The van der Waals surface area contributed by atoms with Gasteiger partial charge in [-0.05, 0) is 37.3 Å². The minimum atomic E-state index is -4.65. The standard InChI is InChI=1S/C18H19F3N2O3S2/c1-13-5-7-15(8-6-13)27-10-9-22-17(24)12-23-28(25,26)16-4-2-3-14(11-16)18(19,20)21/h2-8,11,23H,9-10,12H2,1H3,(H,22,24). The van der Waals surface area contributed by atoms with Crippen molar-refractivity contribution in [2.24, 2.45) is 0 Å². The van der Waals surface area contributed by atoms with Gasteiger partial charge in [0.25, 0.3) is 0 Å². The third-order valence-electron chi connectivity index (χ3n) is 3.61. The van der Waals surface area contributed by atoms with Crippen molar-refractivity contribution in [3.05, 3.63) is 59.7 Å². The van der Waals surface area contributed by atoms with E-state index in [0.717, 1.165) is 28.7 Å². The Balaban J connectivity index is 1.80. The Morgan fingerprint density at radius 3 is 2.43 bits per heavy atom. The van der Waals surface area contributed by atoms with E-state index < -0.39 is 39.1 Å². The topological polar surface area (TPSA) is 75.3 Å². The molecule has 0 bridgehead atoms. The van der Waals surface area contributed by atoms with Crippen LogP contribution >= 0.6 is 11.8 Å². The summed E-state index contributed by atoms with van der Waals surface area (Å²) in [5.41, 5.74) is 0.0682. The van der Waals surface area contributed by atoms with Gasteiger partial charge in [-0.2, -0.15) is 13.2 Å². The second-order valence-corrected chi connectivity index (χ2v) is 8.80. The maximum absolute atomic E-state index is 12.7. The molecule has 5 nitrogen and oxygen atoms in total. The molecule has 152 valence electrons. The molecule has 0 aliphatic carbocycles. The van der Waals surface area contributed by atoms with Crippen molar-refractivity contribution in [1.29, 1.82) is 0 Å². The van der Waals surface area contributed by atoms with E-state index in [0.29, 0.717) is 18.4 Å². The van der Waals surface area contributed by atoms with E-state index in [1.807, 2.05) is 35.9 Å². The van der Waals surface area contributed by atoms with Gasteiger partial charge in [0.1, 0.15) is 0 Å². The van der Waals surface area contributed by atoms with E-state index in [9.17, 15) is 26.4 Å². The van der Waals surface area contributed by atoms with Crippen LogP contribution in [-0.2, 0) is 21.0 Å². The Morgan fingerprint density at radius 2 is 1.79 bits per heavy atom. The molecule has 0 saturated heterocycles. The first-order valence-corrected chi connectivity index (χ1v) is 10.7. The zero-order chi connectivity index (χ0) is 20.8. The van der Waals surface area contributed by atoms with Crippen molar-refractivity contribution in [3.63, 3.8) is 0 Å². The molecule has 0 fully saturated rings. The van der Waals surface area contributed by atoms with Gasteiger partial charge in [0.2, 0.25) is 15.9 Å². The second kappa shape index (κ2) is 9.44. The predicted octanol–water partition coefficient (Wildman–Crippen LogP) is 3.20. The van der Waals surface area contributed by atoms with Crippen LogP contribution in [0.4, 0.5) is 13.2 Å². The van der Waals surface area contributed by atoms with E-state index in [-0.39, 0.29) is 0 Å². The molecule has 0 radical (unpaired) electrons. The molecule has 2 aromatic rings. The molecule has 28 heavy (non-hydrogen) atoms. The first-order valence-electron chi connectivity index (χ1n) is 8.21. The number of sulfonamides is 1. The van der Waals surface area contributed by atoms with E-state index in [4.69, 9.17) is 0 Å². The lowest BCUT2D eigenvalue weighted by Crippen LogP contribution is -2.37. The Labute approximate surface area is 165 Å². The number of alkyl halides is 3. The van der Waals surface area contributed by atoms with Crippen molar-refractivity contribution in [2.45, 2.75) is 22.9 Å². The molecular weight excluding hydrogens is 413 g/mol. The zero-order valence-electron chi connectivity index (χ0n) is 14.9. The van der Waals surface area contributed by atoms with E-state index >= 15 is 0 Å². The third kappa shape index (κ3) is 6.84. The van der Waals surface area contributed by atoms with Gasteiger partial charge >= 0.3 is 6.18 Å². The van der Waals surface area contributed by atoms with Crippen molar-refractivity contribution < 1.29 is 26.4 Å². The van der Waals surface area contributed by atoms with E-state index in [2.05, 4.69) is 5.32 Å². The van der Waals surface area contributed by atoms with Crippen LogP contribution in [0, 0.1) is 6.92 Å². The minimum Gasteiger partial charge on any atom is -0.354 e. The molecule has 0 spiro atoms. The summed E-state index contributed by atoms with van der Waals surface area (Å²) in [4.78, 5) is 12.3. The minimum absolute atomic E-state index is 0.322. The Bertz CT molecular complexity index is 914. The fourth-order valence-corrected chi connectivity index (χ4v) is 3.94. The normalized spacial score (nSPS) is 12.0. The van der Waals surface area contributed by atoms with Gasteiger partial charge in [-0.15, -0.1) is 11.8 Å². The van der Waals surface area contributed by atoms with Crippen LogP contribution in [0.3, 0.4) is 0 Å². The van der Waals surface area contributed by atoms with Crippen LogP contribution in [0.2, 0.25) is 0 Å². The van der Waals surface area contributed by atoms with E-state index in [1.54, 1.807) is 0 Å². The van der Waals surface area contributed by atoms with Gasteiger partial charge in [-0.25, -0.2) is 13.1 Å². The van der Waals surface area contributed by atoms with Crippen molar-refractivity contribution >= 4 is 27.7 Å². The average Bonchev–Trinajstić information content (AvgIpc) is 2.64. The van der Waals surface area contributed by atoms with Crippen LogP contribution in [0.1, 0.15) is 11.1 Å². The molecule has 0 aliphatic rings. The summed E-state index contributed by atoms with van der Waals surface area (Å²) in [5, 5.41) is 2.56. The summed E-state index contributed by atoms with van der Waals surface area (Å²) in [6.45, 7) is 1.74. The van der Waals surface area contributed by atoms with Crippen LogP contribution in [0.25, 0.3) is 0 Å². The van der Waals surface area contributed by atoms with Gasteiger partial charge in [0.15, 0.2) is 0 Å². The second-order valence-electron chi connectivity index (χ2n) is 5.86. The molecule has 2 rings (SSSR count). The molecule has 0 aliphatic heterocycles. The van der Waals surface area contributed by atoms with Gasteiger partial charge < -0.3 is 5.32 Å². The molecule has 2 N–H and O–H groups in total. The quantitative estimate of drug-likeness (QED) is 0.496. The number of carbonyl (C=O) groups excluding carboxylic acids is 1. The SMILES string of the molecule is Cc1ccc(SCCNC(=O)CNS(=O)(=O)c2cccc(C(F)(F)F)c2)cc1. The smallest absolute Gasteiger partial charge is 0.354 e. The lowest BCUT2D eigenvalue weighted by molar-refractivity contribution is -0.137. The number of hydrogen-bond donors (Lipinski definition) is 2. The average molecular weight is 432 g/mol. The molecule has 0 unspecified atom stereocenters. The number of hydrogen-bond acceptors (Lipinski definition) is 4. The molecule has 2 aromatic carbocycles. The Morgan fingerprint density at radius 1 is 1.11 bits per heavy atom. The number of nitrogens with one attached hydrogen (secondary N) is 2. The highest BCUT2D eigenvalue weighted by Gasteiger charge is 2.31. The van der Waals surface area contributed by atoms with Gasteiger partial charge in [-0.3, -0.25) is 4.79 Å². The molecule has 0 heterocycles. The largest absolute Gasteiger partial charge is 0.416 e. The number of halogens is 3. The summed E-state index contributed by atoms with van der Waals surface area (Å²) in [5.74, 6) is 0.0230. The fraction of sp³-hybridized carbons (Fsp3) is 0.278. The maximum atomic E-state index is 12.7. The van der Waals surface area contributed by atoms with Crippen LogP contribution in [0.15, 0.2) is 58.3 Å². The van der Waals surface area contributed by atoms with Crippen molar-refractivity contribution in [2.75, 3.05) is 18.8 Å². The number of carbonyl (C=O) groups is 1. The van der Waals surface area contributed by atoms with Gasteiger partial charge in [0.05, 0.1) is 17.0 Å². The van der Waals surface area contributed by atoms with E-state index in [1.165, 1.54) is 11.8 Å². The molecule has 0 atom stereocenters. The lowest BCUT2D eigenvalue weighted by Gasteiger charge is -2.10. The fourth-order valence-electron chi connectivity index (χ4n) is 2.14. The number of aryl methyl sites for hydroxylation is 1. The maximum Gasteiger partial charge on any atom is 0.416 e. The Hall–Kier alpha value is -2.04. The first-order chi connectivity index (χ1) is 13.1. The highest BCUT2D eigenvalue weighted by atomic mass is 32.2. The first kappa shape index (κ1) is 22.3. The highest BCUT2D eigenvalue weighted by molar-refractivity contribution is 7.99.